The number of nitrogens with one attached hydrogen (secondary N) is 1. The Morgan fingerprint density at radius 1 is 0.943 bits per heavy atom. The van der Waals surface area contributed by atoms with Gasteiger partial charge in [0.2, 0.25) is 5.91 Å². The lowest BCUT2D eigenvalue weighted by molar-refractivity contribution is -0.120. The van der Waals surface area contributed by atoms with Crippen LogP contribution in [0.2, 0.25) is 0 Å². The molecule has 1 amide bonds. The van der Waals surface area contributed by atoms with Crippen LogP contribution in [0.4, 0.5) is 5.69 Å². The maximum absolute atomic E-state index is 12.7. The van der Waals surface area contributed by atoms with E-state index in [0.717, 1.165) is 82.1 Å². The number of hydrogen-bond acceptors (Lipinski definition) is 4. The third-order valence-corrected chi connectivity index (χ3v) is 7.60. The summed E-state index contributed by atoms with van der Waals surface area (Å²) in [5, 5.41) is 3.17. The Morgan fingerprint density at radius 2 is 1.66 bits per heavy atom. The molecule has 186 valence electrons. The summed E-state index contributed by atoms with van der Waals surface area (Å²) in [7, 11) is 0. The second-order valence-electron chi connectivity index (χ2n) is 10.2. The smallest absolute Gasteiger partial charge is 0.227 e. The van der Waals surface area contributed by atoms with Crippen molar-refractivity contribution in [2.75, 3.05) is 31.5 Å². The number of carbonyl (C=O) groups excluding carboxylic acids is 1. The highest BCUT2D eigenvalue weighted by atomic mass is 16.1. The summed E-state index contributed by atoms with van der Waals surface area (Å²) in [6.45, 7) is 9.37. The quantitative estimate of drug-likeness (QED) is 0.483. The monoisotopic (exact) mass is 473 g/mol. The average Bonchev–Trinajstić information content (AvgIpc) is 3.22. The fourth-order valence-electron chi connectivity index (χ4n) is 5.61. The predicted octanol–water partition coefficient (Wildman–Crippen LogP) is 5.28. The van der Waals surface area contributed by atoms with Crippen molar-refractivity contribution in [3.8, 4) is 0 Å². The number of nitrogens with zero attached hydrogens (tertiary/aromatic N) is 4. The molecule has 6 nitrogen and oxygen atoms in total. The topological polar surface area (TPSA) is 53.4 Å². The van der Waals surface area contributed by atoms with Gasteiger partial charge in [-0.15, -0.1) is 0 Å². The first-order valence-corrected chi connectivity index (χ1v) is 13.5. The maximum atomic E-state index is 12.7. The third kappa shape index (κ3) is 5.93. The first-order valence-electron chi connectivity index (χ1n) is 13.5. The van der Waals surface area contributed by atoms with E-state index in [1.54, 1.807) is 0 Å². The van der Waals surface area contributed by atoms with Crippen LogP contribution in [0.5, 0.6) is 0 Å². The van der Waals surface area contributed by atoms with Crippen LogP contribution in [0.3, 0.4) is 0 Å². The zero-order valence-electron chi connectivity index (χ0n) is 21.1. The van der Waals surface area contributed by atoms with Gasteiger partial charge in [-0.2, -0.15) is 0 Å². The van der Waals surface area contributed by atoms with Crippen LogP contribution in [0, 0.1) is 5.92 Å². The van der Waals surface area contributed by atoms with Crippen molar-refractivity contribution in [1.82, 2.24) is 19.4 Å². The number of piperazine rings is 1. The van der Waals surface area contributed by atoms with Crippen LogP contribution in [0.1, 0.15) is 56.8 Å². The molecule has 0 bridgehead atoms. The van der Waals surface area contributed by atoms with E-state index in [-0.39, 0.29) is 11.8 Å². The van der Waals surface area contributed by atoms with Gasteiger partial charge in [-0.05, 0) is 43.0 Å². The Balaban J connectivity index is 1.24. The molecular weight excluding hydrogens is 434 g/mol. The van der Waals surface area contributed by atoms with Gasteiger partial charge < -0.3 is 9.88 Å². The van der Waals surface area contributed by atoms with Gasteiger partial charge in [0, 0.05) is 50.9 Å². The Bertz CT molecular complexity index is 1110. The summed E-state index contributed by atoms with van der Waals surface area (Å²) >= 11 is 0. The van der Waals surface area contributed by atoms with Crippen LogP contribution in [0.15, 0.2) is 48.5 Å². The lowest BCUT2D eigenvalue weighted by Crippen LogP contribution is -2.45. The first-order chi connectivity index (χ1) is 17.2. The summed E-state index contributed by atoms with van der Waals surface area (Å²) in [6.07, 6.45) is 6.70. The second-order valence-corrected chi connectivity index (χ2v) is 10.2. The lowest BCUT2D eigenvalue weighted by Gasteiger charge is -2.34. The van der Waals surface area contributed by atoms with E-state index in [1.807, 2.05) is 6.07 Å². The van der Waals surface area contributed by atoms with Gasteiger partial charge in [-0.3, -0.25) is 14.6 Å². The normalized spacial score (nSPS) is 18.2. The molecule has 0 atom stereocenters. The van der Waals surface area contributed by atoms with Gasteiger partial charge in [0.1, 0.15) is 5.82 Å². The molecule has 1 aromatic heterocycles. The second kappa shape index (κ2) is 11.4. The molecule has 2 fully saturated rings. The number of amides is 1. The molecule has 1 saturated heterocycles. The Kier molecular flexibility index (Phi) is 7.79. The average molecular weight is 474 g/mol. The molecule has 2 heterocycles. The fraction of sp³-hybridized carbons (Fsp3) is 0.517. The van der Waals surface area contributed by atoms with Crippen molar-refractivity contribution in [1.29, 1.82) is 0 Å². The van der Waals surface area contributed by atoms with Crippen LogP contribution in [-0.4, -0.2) is 51.4 Å². The summed E-state index contributed by atoms with van der Waals surface area (Å²) < 4.78 is 2.37. The highest BCUT2D eigenvalue weighted by Gasteiger charge is 2.22. The van der Waals surface area contributed by atoms with Crippen molar-refractivity contribution >= 4 is 22.6 Å². The van der Waals surface area contributed by atoms with Crippen LogP contribution in [0.25, 0.3) is 11.0 Å². The van der Waals surface area contributed by atoms with Gasteiger partial charge in [0.05, 0.1) is 17.6 Å². The van der Waals surface area contributed by atoms with Crippen molar-refractivity contribution in [3.05, 3.63) is 59.9 Å². The van der Waals surface area contributed by atoms with Gasteiger partial charge in [-0.25, -0.2) is 4.98 Å². The molecule has 0 unspecified atom stereocenters. The third-order valence-electron chi connectivity index (χ3n) is 7.60. The van der Waals surface area contributed by atoms with Gasteiger partial charge in [-0.1, -0.05) is 56.5 Å². The van der Waals surface area contributed by atoms with Crippen LogP contribution < -0.4 is 5.32 Å². The Labute approximate surface area is 209 Å². The molecule has 1 saturated carbocycles. The molecule has 1 aliphatic carbocycles. The van der Waals surface area contributed by atoms with E-state index >= 15 is 0 Å². The summed E-state index contributed by atoms with van der Waals surface area (Å²) in [6, 6.07) is 17.0. The number of rotatable bonds is 8. The molecule has 5 rings (SSSR count). The number of imidazole rings is 1. The molecule has 1 aliphatic heterocycles. The van der Waals surface area contributed by atoms with Crippen molar-refractivity contribution < 1.29 is 4.79 Å². The van der Waals surface area contributed by atoms with Crippen molar-refractivity contribution in [2.45, 2.75) is 65.1 Å². The zero-order chi connectivity index (χ0) is 24.0. The predicted molar refractivity (Wildman–Crippen MR) is 142 cm³/mol. The molecule has 2 aliphatic rings. The van der Waals surface area contributed by atoms with E-state index in [2.05, 4.69) is 69.1 Å². The molecule has 0 spiro atoms. The van der Waals surface area contributed by atoms with Crippen molar-refractivity contribution in [2.24, 2.45) is 5.92 Å². The number of hydrogen-bond donors (Lipinski definition) is 1. The molecular formula is C29H39N5O. The van der Waals surface area contributed by atoms with E-state index in [0.29, 0.717) is 0 Å². The molecule has 6 heteroatoms. The molecule has 3 aromatic rings. The van der Waals surface area contributed by atoms with Crippen LogP contribution >= 0.6 is 0 Å². The van der Waals surface area contributed by atoms with Gasteiger partial charge in [0.15, 0.2) is 0 Å². The number of aryl methyl sites for hydroxylation is 1. The minimum absolute atomic E-state index is 0.160. The van der Waals surface area contributed by atoms with Crippen molar-refractivity contribution in [3.63, 3.8) is 0 Å². The molecule has 1 N–H and O–H groups in total. The first kappa shape index (κ1) is 24.0. The summed E-state index contributed by atoms with van der Waals surface area (Å²) in [5.74, 6) is 1.47. The minimum Gasteiger partial charge on any atom is -0.327 e. The fourth-order valence-corrected chi connectivity index (χ4v) is 5.61. The van der Waals surface area contributed by atoms with Gasteiger partial charge >= 0.3 is 0 Å². The molecule has 2 aromatic carbocycles. The standard InChI is InChI=1S/C29H39N5O/c1-2-15-34-27-14-13-25(30-29(35)24-11-7-4-8-12-24)20-26(27)31-28(34)22-33-18-16-32(17-19-33)21-23-9-5-3-6-10-23/h3,5-6,9-10,13-14,20,24H,2,4,7-8,11-12,15-19,21-22H2,1H3,(H,30,35). The molecule has 0 radical (unpaired) electrons. The highest BCUT2D eigenvalue weighted by molar-refractivity contribution is 5.94. The summed E-state index contributed by atoms with van der Waals surface area (Å²) in [4.78, 5) is 22.9. The van der Waals surface area contributed by atoms with E-state index in [4.69, 9.17) is 4.98 Å². The number of anilines is 1. The molecule has 35 heavy (non-hydrogen) atoms. The number of aromatic nitrogens is 2. The number of carbonyl (C=O) groups is 1. The summed E-state index contributed by atoms with van der Waals surface area (Å²) in [5.41, 5.74) is 4.41. The number of fused-ring (bicyclic) bond motifs is 1. The maximum Gasteiger partial charge on any atom is 0.227 e. The van der Waals surface area contributed by atoms with E-state index in [9.17, 15) is 4.79 Å². The van der Waals surface area contributed by atoms with Crippen LogP contribution in [-0.2, 0) is 24.4 Å². The SMILES string of the molecule is CCCn1c(CN2CCN(Cc3ccccc3)CC2)nc2cc(NC(=O)C3CCCCC3)ccc21. The highest BCUT2D eigenvalue weighted by Crippen LogP contribution is 2.27. The minimum atomic E-state index is 0.160. The Hall–Kier alpha value is -2.70. The van der Waals surface area contributed by atoms with E-state index < -0.39 is 0 Å². The Morgan fingerprint density at radius 3 is 2.37 bits per heavy atom. The lowest BCUT2D eigenvalue weighted by atomic mass is 9.88. The number of benzene rings is 2. The van der Waals surface area contributed by atoms with E-state index in [1.165, 1.54) is 30.3 Å². The largest absolute Gasteiger partial charge is 0.327 e. The van der Waals surface area contributed by atoms with Gasteiger partial charge in [0.25, 0.3) is 0 Å². The zero-order valence-corrected chi connectivity index (χ0v) is 21.1.